The molecule has 1 rings (SSSR count). The van der Waals surface area contributed by atoms with Gasteiger partial charge in [-0.3, -0.25) is 0 Å². The lowest BCUT2D eigenvalue weighted by atomic mass is 10.1. The van der Waals surface area contributed by atoms with E-state index in [4.69, 9.17) is 4.42 Å². The second-order valence-corrected chi connectivity index (χ2v) is 4.80. The fraction of sp³-hybridized carbons (Fsp3) is 0.714. The van der Waals surface area contributed by atoms with Crippen molar-refractivity contribution in [1.82, 2.24) is 5.32 Å². The summed E-state index contributed by atoms with van der Waals surface area (Å²) in [5, 5.41) is 3.63. The van der Waals surface area contributed by atoms with E-state index in [1.807, 2.05) is 13.8 Å². The van der Waals surface area contributed by atoms with E-state index in [1.54, 1.807) is 0 Å². The van der Waals surface area contributed by atoms with Crippen LogP contribution in [0.15, 0.2) is 10.5 Å². The Morgan fingerprint density at radius 1 is 1.31 bits per heavy atom. The molecule has 0 radical (unpaired) electrons. The summed E-state index contributed by atoms with van der Waals surface area (Å²) in [4.78, 5) is 0. The minimum Gasteiger partial charge on any atom is -0.466 e. The summed E-state index contributed by atoms with van der Waals surface area (Å²) < 4.78 is 5.56. The molecule has 0 saturated carbocycles. The van der Waals surface area contributed by atoms with E-state index in [1.165, 1.54) is 24.8 Å². The molecular formula is C14H25NO. The van der Waals surface area contributed by atoms with Crippen LogP contribution in [0.1, 0.15) is 63.2 Å². The van der Waals surface area contributed by atoms with Gasteiger partial charge in [-0.2, -0.15) is 0 Å². The van der Waals surface area contributed by atoms with Crippen molar-refractivity contribution in [3.05, 3.63) is 23.2 Å². The SMILES string of the molecule is CCCCC(C)NC(C)c1cc(C)oc1C. The van der Waals surface area contributed by atoms with Gasteiger partial charge >= 0.3 is 0 Å². The van der Waals surface area contributed by atoms with E-state index in [9.17, 15) is 0 Å². The lowest BCUT2D eigenvalue weighted by Gasteiger charge is -2.19. The summed E-state index contributed by atoms with van der Waals surface area (Å²) in [5.74, 6) is 2.04. The van der Waals surface area contributed by atoms with Crippen molar-refractivity contribution in [3.63, 3.8) is 0 Å². The van der Waals surface area contributed by atoms with Crippen LogP contribution in [-0.4, -0.2) is 6.04 Å². The number of aryl methyl sites for hydroxylation is 2. The molecule has 0 aliphatic carbocycles. The predicted octanol–water partition coefficient (Wildman–Crippen LogP) is 4.13. The molecule has 16 heavy (non-hydrogen) atoms. The molecule has 0 saturated heterocycles. The third kappa shape index (κ3) is 3.67. The van der Waals surface area contributed by atoms with Gasteiger partial charge < -0.3 is 9.73 Å². The molecule has 0 fully saturated rings. The van der Waals surface area contributed by atoms with Crippen LogP contribution < -0.4 is 5.32 Å². The van der Waals surface area contributed by atoms with Crippen LogP contribution in [0.4, 0.5) is 0 Å². The third-order valence-electron chi connectivity index (χ3n) is 3.07. The van der Waals surface area contributed by atoms with Gasteiger partial charge in [0.05, 0.1) is 0 Å². The van der Waals surface area contributed by atoms with Gasteiger partial charge in [0.1, 0.15) is 11.5 Å². The summed E-state index contributed by atoms with van der Waals surface area (Å²) in [6.45, 7) is 10.7. The number of hydrogen-bond donors (Lipinski definition) is 1. The maximum absolute atomic E-state index is 5.56. The predicted molar refractivity (Wildman–Crippen MR) is 68.7 cm³/mol. The minimum atomic E-state index is 0.379. The van der Waals surface area contributed by atoms with Crippen molar-refractivity contribution in [2.24, 2.45) is 0 Å². The highest BCUT2D eigenvalue weighted by atomic mass is 16.3. The van der Waals surface area contributed by atoms with Gasteiger partial charge in [0.15, 0.2) is 0 Å². The summed E-state index contributed by atoms with van der Waals surface area (Å²) in [7, 11) is 0. The molecule has 2 nitrogen and oxygen atoms in total. The zero-order valence-corrected chi connectivity index (χ0v) is 11.3. The van der Waals surface area contributed by atoms with Crippen molar-refractivity contribution in [1.29, 1.82) is 0 Å². The van der Waals surface area contributed by atoms with Crippen molar-refractivity contribution < 1.29 is 4.42 Å². The lowest BCUT2D eigenvalue weighted by molar-refractivity contribution is 0.435. The minimum absolute atomic E-state index is 0.379. The molecule has 1 aromatic heterocycles. The van der Waals surface area contributed by atoms with Crippen LogP contribution in [0.5, 0.6) is 0 Å². The van der Waals surface area contributed by atoms with E-state index >= 15 is 0 Å². The Morgan fingerprint density at radius 2 is 2.00 bits per heavy atom. The van der Waals surface area contributed by atoms with E-state index in [0.29, 0.717) is 12.1 Å². The molecule has 1 N–H and O–H groups in total. The standard InChI is InChI=1S/C14H25NO/c1-6-7-8-10(2)15-12(4)14-9-11(3)16-13(14)5/h9-10,12,15H,6-8H2,1-5H3. The molecule has 0 amide bonds. The molecule has 1 aromatic rings. The van der Waals surface area contributed by atoms with E-state index < -0.39 is 0 Å². The fourth-order valence-electron chi connectivity index (χ4n) is 2.19. The Kier molecular flexibility index (Phi) is 5.07. The van der Waals surface area contributed by atoms with Crippen LogP contribution in [0, 0.1) is 13.8 Å². The van der Waals surface area contributed by atoms with Gasteiger partial charge in [-0.05, 0) is 40.2 Å². The van der Waals surface area contributed by atoms with Gasteiger partial charge in [0.2, 0.25) is 0 Å². The monoisotopic (exact) mass is 223 g/mol. The van der Waals surface area contributed by atoms with Crippen LogP contribution in [0.25, 0.3) is 0 Å². The Labute approximate surface area is 99.4 Å². The number of nitrogens with one attached hydrogen (secondary N) is 1. The van der Waals surface area contributed by atoms with E-state index in [0.717, 1.165) is 11.5 Å². The summed E-state index contributed by atoms with van der Waals surface area (Å²) in [6, 6.07) is 3.09. The quantitative estimate of drug-likeness (QED) is 0.784. The highest BCUT2D eigenvalue weighted by Crippen LogP contribution is 2.21. The molecule has 1 heterocycles. The topological polar surface area (TPSA) is 25.2 Å². The summed E-state index contributed by atoms with van der Waals surface area (Å²) >= 11 is 0. The van der Waals surface area contributed by atoms with Crippen molar-refractivity contribution in [3.8, 4) is 0 Å². The summed E-state index contributed by atoms with van der Waals surface area (Å²) in [6.07, 6.45) is 3.81. The van der Waals surface area contributed by atoms with Gasteiger partial charge in [0, 0.05) is 17.6 Å². The molecular weight excluding hydrogens is 198 g/mol. The highest BCUT2D eigenvalue weighted by molar-refractivity contribution is 5.23. The van der Waals surface area contributed by atoms with Gasteiger partial charge in [-0.1, -0.05) is 19.8 Å². The normalized spacial score (nSPS) is 15.1. The maximum atomic E-state index is 5.56. The first-order valence-corrected chi connectivity index (χ1v) is 6.37. The molecule has 0 aliphatic rings. The first-order valence-electron chi connectivity index (χ1n) is 6.37. The largest absolute Gasteiger partial charge is 0.466 e. The molecule has 0 aromatic carbocycles. The van der Waals surface area contributed by atoms with Crippen molar-refractivity contribution in [2.75, 3.05) is 0 Å². The maximum Gasteiger partial charge on any atom is 0.105 e. The summed E-state index contributed by atoms with van der Waals surface area (Å²) in [5.41, 5.74) is 1.29. The Hall–Kier alpha value is -0.760. The second-order valence-electron chi connectivity index (χ2n) is 4.80. The van der Waals surface area contributed by atoms with Crippen LogP contribution in [-0.2, 0) is 0 Å². The fourth-order valence-corrected chi connectivity index (χ4v) is 2.19. The molecule has 92 valence electrons. The van der Waals surface area contributed by atoms with Gasteiger partial charge in [-0.25, -0.2) is 0 Å². The van der Waals surface area contributed by atoms with Crippen LogP contribution >= 0.6 is 0 Å². The van der Waals surface area contributed by atoms with Crippen molar-refractivity contribution in [2.45, 2.75) is 66.0 Å². The zero-order valence-electron chi connectivity index (χ0n) is 11.3. The second kappa shape index (κ2) is 6.09. The first kappa shape index (κ1) is 13.3. The number of hydrogen-bond acceptors (Lipinski definition) is 2. The Balaban J connectivity index is 2.51. The molecule has 2 atom stereocenters. The molecule has 0 spiro atoms. The van der Waals surface area contributed by atoms with E-state index in [2.05, 4.69) is 32.2 Å². The third-order valence-corrected chi connectivity index (χ3v) is 3.07. The van der Waals surface area contributed by atoms with Crippen LogP contribution in [0.2, 0.25) is 0 Å². The number of furan rings is 1. The number of rotatable bonds is 6. The average molecular weight is 223 g/mol. The Morgan fingerprint density at radius 3 is 2.50 bits per heavy atom. The highest BCUT2D eigenvalue weighted by Gasteiger charge is 2.14. The van der Waals surface area contributed by atoms with Crippen molar-refractivity contribution >= 4 is 0 Å². The van der Waals surface area contributed by atoms with Crippen LogP contribution in [0.3, 0.4) is 0 Å². The van der Waals surface area contributed by atoms with Gasteiger partial charge in [0.25, 0.3) is 0 Å². The lowest BCUT2D eigenvalue weighted by Crippen LogP contribution is -2.28. The van der Waals surface area contributed by atoms with E-state index in [-0.39, 0.29) is 0 Å². The molecule has 0 bridgehead atoms. The molecule has 2 heteroatoms. The average Bonchev–Trinajstić information content (AvgIpc) is 2.54. The Bertz CT molecular complexity index is 317. The first-order chi connectivity index (χ1) is 7.54. The molecule has 0 aliphatic heterocycles. The number of unbranched alkanes of at least 4 members (excludes halogenated alkanes) is 1. The zero-order chi connectivity index (χ0) is 12.1. The van der Waals surface area contributed by atoms with Gasteiger partial charge in [-0.15, -0.1) is 0 Å². The smallest absolute Gasteiger partial charge is 0.105 e. The molecule has 2 unspecified atom stereocenters.